The molecular weight excluding hydrogens is 397 g/mol. The first-order chi connectivity index (χ1) is 15.1. The van der Waals surface area contributed by atoms with Crippen molar-refractivity contribution in [2.24, 2.45) is 10.7 Å². The van der Waals surface area contributed by atoms with E-state index in [1.807, 2.05) is 0 Å². The van der Waals surface area contributed by atoms with Crippen molar-refractivity contribution in [1.29, 1.82) is 0 Å². The summed E-state index contributed by atoms with van der Waals surface area (Å²) in [5.74, 6) is -1.18. The zero-order chi connectivity index (χ0) is 21.8. The van der Waals surface area contributed by atoms with Gasteiger partial charge in [0.2, 0.25) is 0 Å². The number of fused-ring (bicyclic) bond motifs is 1. The molecule has 0 spiro atoms. The SMILES string of the molecule is N[C@H]1N=C(c2ccccc2F)c2ccccc2N(CCNC(=O)c2cccnc2)C1=O. The second-order valence-electron chi connectivity index (χ2n) is 6.91. The summed E-state index contributed by atoms with van der Waals surface area (Å²) in [5.41, 5.74) is 8.20. The molecule has 0 unspecified atom stereocenters. The molecule has 3 aromatic rings. The number of benzodiazepines with no additional fused rings is 1. The number of anilines is 1. The average molecular weight is 417 g/mol. The Labute approximate surface area is 178 Å². The van der Waals surface area contributed by atoms with Crippen LogP contribution in [0.3, 0.4) is 0 Å². The molecule has 0 aliphatic carbocycles. The first-order valence-corrected chi connectivity index (χ1v) is 9.73. The van der Waals surface area contributed by atoms with Gasteiger partial charge in [0.25, 0.3) is 11.8 Å². The molecule has 1 aliphatic heterocycles. The minimum absolute atomic E-state index is 0.176. The molecule has 0 saturated heterocycles. The number of nitrogens with zero attached hydrogens (tertiary/aromatic N) is 3. The number of carbonyl (C=O) groups is 2. The van der Waals surface area contributed by atoms with E-state index in [9.17, 15) is 14.0 Å². The third-order valence-corrected chi connectivity index (χ3v) is 4.91. The van der Waals surface area contributed by atoms with Crippen LogP contribution in [0.4, 0.5) is 10.1 Å². The lowest BCUT2D eigenvalue weighted by Crippen LogP contribution is -2.45. The van der Waals surface area contributed by atoms with Gasteiger partial charge in [0.15, 0.2) is 6.17 Å². The van der Waals surface area contributed by atoms with Gasteiger partial charge in [-0.3, -0.25) is 19.6 Å². The fraction of sp³-hybridized carbons (Fsp3) is 0.130. The minimum Gasteiger partial charge on any atom is -0.350 e. The number of hydrogen-bond acceptors (Lipinski definition) is 5. The third-order valence-electron chi connectivity index (χ3n) is 4.91. The zero-order valence-corrected chi connectivity index (χ0v) is 16.5. The molecule has 1 atom stereocenters. The van der Waals surface area contributed by atoms with Crippen LogP contribution < -0.4 is 16.0 Å². The van der Waals surface area contributed by atoms with Gasteiger partial charge in [0, 0.05) is 36.6 Å². The van der Waals surface area contributed by atoms with Gasteiger partial charge in [-0.1, -0.05) is 30.3 Å². The Balaban J connectivity index is 1.62. The van der Waals surface area contributed by atoms with E-state index in [1.165, 1.54) is 17.2 Å². The molecule has 0 bridgehead atoms. The molecule has 4 rings (SSSR count). The van der Waals surface area contributed by atoms with Crippen LogP contribution in [0, 0.1) is 5.82 Å². The second-order valence-corrected chi connectivity index (χ2v) is 6.91. The fourth-order valence-corrected chi connectivity index (χ4v) is 3.43. The number of aromatic nitrogens is 1. The maximum Gasteiger partial charge on any atom is 0.266 e. The molecule has 0 fully saturated rings. The maximum atomic E-state index is 14.5. The summed E-state index contributed by atoms with van der Waals surface area (Å²) in [7, 11) is 0. The van der Waals surface area contributed by atoms with Gasteiger partial charge >= 0.3 is 0 Å². The molecule has 7 nitrogen and oxygen atoms in total. The Morgan fingerprint density at radius 3 is 2.55 bits per heavy atom. The fourth-order valence-electron chi connectivity index (χ4n) is 3.43. The standard InChI is InChI=1S/C23H20FN5O2/c24-18-9-3-1-7-16(18)20-17-8-2-4-10-19(17)29(23(31)21(25)28-20)13-12-27-22(30)15-6-5-11-26-14-15/h1-11,14,21H,12-13,25H2,(H,27,30)/t21-/m0/s1. The highest BCUT2D eigenvalue weighted by Gasteiger charge is 2.30. The van der Waals surface area contributed by atoms with Gasteiger partial charge in [-0.25, -0.2) is 4.39 Å². The number of hydrogen-bond donors (Lipinski definition) is 2. The van der Waals surface area contributed by atoms with E-state index in [0.29, 0.717) is 22.5 Å². The predicted octanol–water partition coefficient (Wildman–Crippen LogP) is 2.12. The molecule has 2 aromatic carbocycles. The van der Waals surface area contributed by atoms with Gasteiger partial charge in [0.05, 0.1) is 17.0 Å². The monoisotopic (exact) mass is 417 g/mol. The molecule has 0 radical (unpaired) electrons. The number of pyridine rings is 1. The largest absolute Gasteiger partial charge is 0.350 e. The van der Waals surface area contributed by atoms with Crippen molar-refractivity contribution >= 4 is 23.2 Å². The van der Waals surface area contributed by atoms with Crippen LogP contribution in [0.25, 0.3) is 0 Å². The van der Waals surface area contributed by atoms with E-state index >= 15 is 0 Å². The number of amides is 2. The summed E-state index contributed by atoms with van der Waals surface area (Å²) in [5, 5.41) is 2.77. The maximum absolute atomic E-state index is 14.5. The van der Waals surface area contributed by atoms with Crippen molar-refractivity contribution in [2.45, 2.75) is 6.17 Å². The molecule has 1 aromatic heterocycles. The molecule has 3 N–H and O–H groups in total. The van der Waals surface area contributed by atoms with Crippen molar-refractivity contribution in [2.75, 3.05) is 18.0 Å². The first kappa shape index (κ1) is 20.4. The molecule has 31 heavy (non-hydrogen) atoms. The van der Waals surface area contributed by atoms with E-state index in [4.69, 9.17) is 5.73 Å². The highest BCUT2D eigenvalue weighted by Crippen LogP contribution is 2.28. The summed E-state index contributed by atoms with van der Waals surface area (Å²) in [4.78, 5) is 35.0. The number of aliphatic imine (C=N–C) groups is 1. The average Bonchev–Trinajstić information content (AvgIpc) is 2.90. The van der Waals surface area contributed by atoms with E-state index in [1.54, 1.807) is 60.8 Å². The van der Waals surface area contributed by atoms with Gasteiger partial charge in [0.1, 0.15) is 5.82 Å². The lowest BCUT2D eigenvalue weighted by molar-refractivity contribution is -0.119. The zero-order valence-electron chi connectivity index (χ0n) is 16.5. The van der Waals surface area contributed by atoms with Gasteiger partial charge in [-0.2, -0.15) is 0 Å². The Hall–Kier alpha value is -3.91. The highest BCUT2D eigenvalue weighted by atomic mass is 19.1. The normalized spacial score (nSPS) is 15.7. The lowest BCUT2D eigenvalue weighted by atomic mass is 9.99. The highest BCUT2D eigenvalue weighted by molar-refractivity contribution is 6.20. The number of para-hydroxylation sites is 1. The summed E-state index contributed by atoms with van der Waals surface area (Å²) in [6, 6.07) is 16.6. The predicted molar refractivity (Wildman–Crippen MR) is 115 cm³/mol. The van der Waals surface area contributed by atoms with Gasteiger partial charge < -0.3 is 16.0 Å². The smallest absolute Gasteiger partial charge is 0.266 e. The van der Waals surface area contributed by atoms with E-state index in [0.717, 1.165) is 0 Å². The molecule has 1 aliphatic rings. The quantitative estimate of drug-likeness (QED) is 0.664. The van der Waals surface area contributed by atoms with Gasteiger partial charge in [-0.15, -0.1) is 0 Å². The first-order valence-electron chi connectivity index (χ1n) is 9.73. The van der Waals surface area contributed by atoms with E-state index in [2.05, 4.69) is 15.3 Å². The Morgan fingerprint density at radius 1 is 1.06 bits per heavy atom. The number of halogens is 1. The Kier molecular flexibility index (Phi) is 5.81. The second kappa shape index (κ2) is 8.85. The molecule has 156 valence electrons. The van der Waals surface area contributed by atoms with E-state index in [-0.39, 0.29) is 24.6 Å². The number of carbonyl (C=O) groups excluding carboxylic acids is 2. The summed E-state index contributed by atoms with van der Waals surface area (Å²) < 4.78 is 14.5. The van der Waals surface area contributed by atoms with Crippen molar-refractivity contribution < 1.29 is 14.0 Å². The number of rotatable bonds is 5. The van der Waals surface area contributed by atoms with Crippen LogP contribution in [0.2, 0.25) is 0 Å². The lowest BCUT2D eigenvalue weighted by Gasteiger charge is -2.24. The Morgan fingerprint density at radius 2 is 1.81 bits per heavy atom. The van der Waals surface area contributed by atoms with Crippen molar-refractivity contribution in [3.63, 3.8) is 0 Å². The van der Waals surface area contributed by atoms with E-state index < -0.39 is 17.9 Å². The topological polar surface area (TPSA) is 101 Å². The minimum atomic E-state index is -1.20. The number of benzene rings is 2. The van der Waals surface area contributed by atoms with Crippen LogP contribution in [-0.2, 0) is 4.79 Å². The number of nitrogens with two attached hydrogens (primary N) is 1. The Bertz CT molecular complexity index is 1150. The van der Waals surface area contributed by atoms with Crippen LogP contribution in [-0.4, -0.2) is 41.8 Å². The summed E-state index contributed by atoms with van der Waals surface area (Å²) in [6.07, 6.45) is 1.85. The van der Waals surface area contributed by atoms with Crippen molar-refractivity contribution in [1.82, 2.24) is 10.3 Å². The molecule has 0 saturated carbocycles. The molecular formula is C23H20FN5O2. The summed E-state index contributed by atoms with van der Waals surface area (Å²) >= 11 is 0. The van der Waals surface area contributed by atoms with Crippen LogP contribution in [0.5, 0.6) is 0 Å². The van der Waals surface area contributed by atoms with Crippen molar-refractivity contribution in [3.05, 3.63) is 95.6 Å². The third kappa shape index (κ3) is 4.19. The van der Waals surface area contributed by atoms with Crippen LogP contribution in [0.15, 0.2) is 78.0 Å². The molecule has 2 amide bonds. The molecule has 2 heterocycles. The summed E-state index contributed by atoms with van der Waals surface area (Å²) in [6.45, 7) is 0.366. The van der Waals surface area contributed by atoms with Gasteiger partial charge in [-0.05, 0) is 30.3 Å². The number of nitrogens with one attached hydrogen (secondary N) is 1. The van der Waals surface area contributed by atoms with Crippen LogP contribution in [0.1, 0.15) is 21.5 Å². The van der Waals surface area contributed by atoms with Crippen LogP contribution >= 0.6 is 0 Å². The van der Waals surface area contributed by atoms with Crippen molar-refractivity contribution in [3.8, 4) is 0 Å². The molecule has 8 heteroatoms.